The predicted octanol–water partition coefficient (Wildman–Crippen LogP) is 4.87. The summed E-state index contributed by atoms with van der Waals surface area (Å²) < 4.78 is 0. The van der Waals surface area contributed by atoms with Crippen LogP contribution in [0.15, 0.2) is 54.1 Å². The molecule has 128 valence electrons. The number of nitrogens with one attached hydrogen (secondary N) is 1. The maximum Gasteiger partial charge on any atom is 0.230 e. The van der Waals surface area contributed by atoms with Crippen molar-refractivity contribution in [1.82, 2.24) is 5.32 Å². The summed E-state index contributed by atoms with van der Waals surface area (Å²) in [7, 11) is 0. The lowest BCUT2D eigenvalue weighted by molar-refractivity contribution is -0.129. The Labute approximate surface area is 147 Å². The number of carbonyl (C=O) groups is 1. The van der Waals surface area contributed by atoms with Crippen LogP contribution in [0, 0.1) is 17.3 Å². The molecule has 1 N–H and O–H groups in total. The van der Waals surface area contributed by atoms with Gasteiger partial charge in [-0.2, -0.15) is 0 Å². The minimum Gasteiger partial charge on any atom is -0.353 e. The fraction of sp³-hybridized carbons (Fsp3) is 0.409. The van der Waals surface area contributed by atoms with Crippen molar-refractivity contribution in [3.63, 3.8) is 0 Å². The second-order valence-electron chi connectivity index (χ2n) is 6.33. The summed E-state index contributed by atoms with van der Waals surface area (Å²) in [5.74, 6) is 6.46. The van der Waals surface area contributed by atoms with E-state index >= 15 is 0 Å². The van der Waals surface area contributed by atoms with E-state index < -0.39 is 5.41 Å². The zero-order chi connectivity index (χ0) is 17.4. The molecule has 1 aromatic carbocycles. The van der Waals surface area contributed by atoms with Gasteiger partial charge in [0, 0.05) is 18.6 Å². The number of allylic oxidation sites excluding steroid dienone is 3. The Morgan fingerprint density at radius 3 is 2.46 bits per heavy atom. The van der Waals surface area contributed by atoms with Crippen LogP contribution in [0.2, 0.25) is 0 Å². The quantitative estimate of drug-likeness (QED) is 0.773. The van der Waals surface area contributed by atoms with Gasteiger partial charge in [-0.1, -0.05) is 56.0 Å². The maximum atomic E-state index is 12.4. The Kier molecular flexibility index (Phi) is 6.44. The van der Waals surface area contributed by atoms with Crippen LogP contribution in [-0.4, -0.2) is 11.9 Å². The van der Waals surface area contributed by atoms with Gasteiger partial charge in [-0.25, -0.2) is 0 Å². The molecule has 1 aromatic rings. The third kappa shape index (κ3) is 4.61. The van der Waals surface area contributed by atoms with Crippen molar-refractivity contribution in [1.29, 1.82) is 0 Å². The van der Waals surface area contributed by atoms with E-state index in [9.17, 15) is 4.79 Å². The molecule has 0 aliphatic heterocycles. The van der Waals surface area contributed by atoms with Crippen molar-refractivity contribution >= 4 is 5.91 Å². The third-order valence-electron chi connectivity index (χ3n) is 4.46. The lowest BCUT2D eigenvalue weighted by Gasteiger charge is -2.32. The van der Waals surface area contributed by atoms with E-state index in [2.05, 4.69) is 23.2 Å². The van der Waals surface area contributed by atoms with E-state index in [1.54, 1.807) is 0 Å². The molecule has 0 aromatic heterocycles. The van der Waals surface area contributed by atoms with Crippen molar-refractivity contribution in [3.8, 4) is 11.8 Å². The molecule has 1 fully saturated rings. The van der Waals surface area contributed by atoms with Crippen molar-refractivity contribution in [2.45, 2.75) is 52.5 Å². The van der Waals surface area contributed by atoms with Gasteiger partial charge in [-0.3, -0.25) is 4.79 Å². The molecular formula is C22H29NO. The van der Waals surface area contributed by atoms with Gasteiger partial charge in [0.25, 0.3) is 0 Å². The Hall–Kier alpha value is -2.27. The molecule has 0 radical (unpaired) electrons. The zero-order valence-electron chi connectivity index (χ0n) is 14.9. The van der Waals surface area contributed by atoms with Crippen molar-refractivity contribution in [3.05, 3.63) is 59.7 Å². The molecule has 1 unspecified atom stereocenters. The van der Waals surface area contributed by atoms with E-state index in [0.29, 0.717) is 12.5 Å². The first-order valence-electron chi connectivity index (χ1n) is 8.93. The highest BCUT2D eigenvalue weighted by atomic mass is 16.2. The summed E-state index contributed by atoms with van der Waals surface area (Å²) >= 11 is 0. The van der Waals surface area contributed by atoms with Crippen LogP contribution >= 0.6 is 0 Å². The van der Waals surface area contributed by atoms with Gasteiger partial charge in [-0.15, -0.1) is 0 Å². The van der Waals surface area contributed by atoms with Crippen LogP contribution in [-0.2, 0) is 4.79 Å². The van der Waals surface area contributed by atoms with E-state index in [-0.39, 0.29) is 7.33 Å². The van der Waals surface area contributed by atoms with Gasteiger partial charge in [0.15, 0.2) is 0 Å². The fourth-order valence-electron chi connectivity index (χ4n) is 2.56. The molecule has 2 nitrogen and oxygen atoms in total. The molecular weight excluding hydrogens is 294 g/mol. The second-order valence-corrected chi connectivity index (χ2v) is 6.33. The Bertz CT molecular complexity index is 677. The van der Waals surface area contributed by atoms with Crippen molar-refractivity contribution in [2.75, 3.05) is 0 Å². The molecule has 1 amide bonds. The minimum absolute atomic E-state index is 0. The standard InChI is InChI=1S/C20H21NO.C2H6.H2/c1-20(19(22)21-18-8-5-9-18)14-12-17(13-15-20)11-10-16-6-3-2-4-7-16;1-2;/h2-4,6-7,12-14,18H,5,8-9,15H2,1H3,(H,21,22);1-2H3;1H. The number of benzene rings is 1. The van der Waals surface area contributed by atoms with E-state index in [4.69, 9.17) is 0 Å². The highest BCUT2D eigenvalue weighted by Gasteiger charge is 2.33. The first-order valence-corrected chi connectivity index (χ1v) is 8.93. The monoisotopic (exact) mass is 323 g/mol. The van der Waals surface area contributed by atoms with E-state index in [0.717, 1.165) is 24.0 Å². The largest absolute Gasteiger partial charge is 0.353 e. The lowest BCUT2D eigenvalue weighted by atomic mass is 9.80. The van der Waals surface area contributed by atoms with Crippen molar-refractivity contribution in [2.24, 2.45) is 5.41 Å². The summed E-state index contributed by atoms with van der Waals surface area (Å²) in [4.78, 5) is 12.4. The van der Waals surface area contributed by atoms with Crippen LogP contribution in [0.25, 0.3) is 0 Å². The van der Waals surface area contributed by atoms with Gasteiger partial charge < -0.3 is 5.32 Å². The Balaban J connectivity index is 0.00000101. The van der Waals surface area contributed by atoms with Crippen molar-refractivity contribution < 1.29 is 6.22 Å². The molecule has 2 aliphatic carbocycles. The average Bonchev–Trinajstić information content (AvgIpc) is 2.60. The van der Waals surface area contributed by atoms with Gasteiger partial charge in [0.1, 0.15) is 0 Å². The Morgan fingerprint density at radius 1 is 1.21 bits per heavy atom. The molecule has 2 heteroatoms. The third-order valence-corrected chi connectivity index (χ3v) is 4.46. The Morgan fingerprint density at radius 2 is 1.92 bits per heavy atom. The average molecular weight is 323 g/mol. The van der Waals surface area contributed by atoms with Gasteiger partial charge in [0.05, 0.1) is 5.41 Å². The molecule has 3 rings (SSSR count). The SMILES string of the molecule is CC.CC1(C(=O)NC2CCC2)C=CC(C#Cc2ccccc2)=CC1.[HH]. The number of hydrogen-bond donors (Lipinski definition) is 1. The molecule has 1 saturated carbocycles. The van der Waals surface area contributed by atoms with E-state index in [1.165, 1.54) is 6.42 Å². The van der Waals surface area contributed by atoms with Crippen LogP contribution in [0.1, 0.15) is 53.4 Å². The summed E-state index contributed by atoms with van der Waals surface area (Å²) in [6.45, 7) is 6.00. The molecule has 0 heterocycles. The predicted molar refractivity (Wildman–Crippen MR) is 103 cm³/mol. The van der Waals surface area contributed by atoms with Crippen LogP contribution in [0.3, 0.4) is 0 Å². The highest BCUT2D eigenvalue weighted by molar-refractivity contribution is 5.85. The summed E-state index contributed by atoms with van der Waals surface area (Å²) in [6, 6.07) is 10.3. The molecule has 1 atom stereocenters. The molecule has 2 aliphatic rings. The summed E-state index contributed by atoms with van der Waals surface area (Å²) in [6.07, 6.45) is 10.2. The number of amides is 1. The highest BCUT2D eigenvalue weighted by Crippen LogP contribution is 2.30. The fourth-order valence-corrected chi connectivity index (χ4v) is 2.56. The molecule has 24 heavy (non-hydrogen) atoms. The number of carbonyl (C=O) groups excluding carboxylic acids is 1. The minimum atomic E-state index is -0.437. The molecule has 0 bridgehead atoms. The van der Waals surface area contributed by atoms with Gasteiger partial charge in [0.2, 0.25) is 5.91 Å². The summed E-state index contributed by atoms with van der Waals surface area (Å²) in [5.41, 5.74) is 1.55. The van der Waals surface area contributed by atoms with Crippen LogP contribution < -0.4 is 5.32 Å². The van der Waals surface area contributed by atoms with Crippen LogP contribution in [0.5, 0.6) is 0 Å². The second kappa shape index (κ2) is 8.55. The topological polar surface area (TPSA) is 29.1 Å². The maximum absolute atomic E-state index is 12.4. The first-order chi connectivity index (χ1) is 11.7. The molecule has 0 saturated heterocycles. The van der Waals surface area contributed by atoms with Gasteiger partial charge >= 0.3 is 0 Å². The van der Waals surface area contributed by atoms with Crippen LogP contribution in [0.4, 0.5) is 0 Å². The smallest absolute Gasteiger partial charge is 0.230 e. The normalized spacial score (nSPS) is 22.0. The zero-order valence-corrected chi connectivity index (χ0v) is 14.9. The van der Waals surface area contributed by atoms with E-state index in [1.807, 2.05) is 63.3 Å². The molecule has 0 spiro atoms. The van der Waals surface area contributed by atoms with Gasteiger partial charge in [-0.05, 0) is 50.8 Å². The summed E-state index contributed by atoms with van der Waals surface area (Å²) in [5, 5.41) is 3.14. The first kappa shape index (κ1) is 18.1. The lowest BCUT2D eigenvalue weighted by Crippen LogP contribution is -2.46. The number of hydrogen-bond acceptors (Lipinski definition) is 1. The number of rotatable bonds is 2.